The molecule has 0 aliphatic carbocycles. The van der Waals surface area contributed by atoms with Crippen LogP contribution in [-0.4, -0.2) is 26.7 Å². The van der Waals surface area contributed by atoms with E-state index in [4.69, 9.17) is 5.11 Å². The lowest BCUT2D eigenvalue weighted by Gasteiger charge is -2.11. The van der Waals surface area contributed by atoms with Gasteiger partial charge in [0, 0.05) is 13.2 Å². The second-order valence-electron chi connectivity index (χ2n) is 4.18. The fourth-order valence-corrected chi connectivity index (χ4v) is 2.97. The maximum absolute atomic E-state index is 12.0. The highest BCUT2D eigenvalue weighted by atomic mass is 32.2. The SMILES string of the molecule is Cc1cc(C)c(S(=O)(=O)NCCCO)cc1C. The predicted octanol–water partition coefficient (Wildman–Crippen LogP) is 1.27. The van der Waals surface area contributed by atoms with Crippen LogP contribution in [-0.2, 0) is 10.0 Å². The normalized spacial score (nSPS) is 11.8. The van der Waals surface area contributed by atoms with Gasteiger partial charge in [0.2, 0.25) is 10.0 Å². The molecule has 0 amide bonds. The Morgan fingerprint density at radius 2 is 1.71 bits per heavy atom. The van der Waals surface area contributed by atoms with Crippen LogP contribution in [0.5, 0.6) is 0 Å². The second-order valence-corrected chi connectivity index (χ2v) is 5.91. The zero-order chi connectivity index (χ0) is 13.1. The molecule has 0 fully saturated rings. The number of rotatable bonds is 5. The number of hydrogen-bond donors (Lipinski definition) is 2. The van der Waals surface area contributed by atoms with Gasteiger partial charge in [-0.05, 0) is 49.9 Å². The number of aliphatic hydroxyl groups excluding tert-OH is 1. The summed E-state index contributed by atoms with van der Waals surface area (Å²) in [5, 5.41) is 8.63. The number of aliphatic hydroxyl groups is 1. The zero-order valence-corrected chi connectivity index (χ0v) is 11.3. The van der Waals surface area contributed by atoms with Gasteiger partial charge in [-0.2, -0.15) is 0 Å². The van der Waals surface area contributed by atoms with Crippen molar-refractivity contribution in [1.29, 1.82) is 0 Å². The summed E-state index contributed by atoms with van der Waals surface area (Å²) in [6.45, 7) is 5.87. The molecule has 0 saturated heterocycles. The lowest BCUT2D eigenvalue weighted by molar-refractivity contribution is 0.289. The van der Waals surface area contributed by atoms with Crippen molar-refractivity contribution in [2.45, 2.75) is 32.1 Å². The second kappa shape index (κ2) is 5.62. The van der Waals surface area contributed by atoms with Crippen molar-refractivity contribution in [3.05, 3.63) is 28.8 Å². The minimum absolute atomic E-state index is 0.0194. The lowest BCUT2D eigenvalue weighted by Crippen LogP contribution is -2.26. The van der Waals surface area contributed by atoms with Gasteiger partial charge in [0.1, 0.15) is 0 Å². The third-order valence-electron chi connectivity index (χ3n) is 2.71. The molecule has 96 valence electrons. The molecule has 0 aromatic heterocycles. The fourth-order valence-electron chi connectivity index (χ4n) is 1.59. The summed E-state index contributed by atoms with van der Waals surface area (Å²) in [5.41, 5.74) is 2.78. The molecule has 0 heterocycles. The van der Waals surface area contributed by atoms with Crippen LogP contribution in [0.3, 0.4) is 0 Å². The average molecular weight is 257 g/mol. The summed E-state index contributed by atoms with van der Waals surface area (Å²) >= 11 is 0. The van der Waals surface area contributed by atoms with Crippen molar-refractivity contribution in [2.75, 3.05) is 13.2 Å². The molecule has 0 aliphatic heterocycles. The molecule has 0 spiro atoms. The van der Waals surface area contributed by atoms with Crippen LogP contribution in [0, 0.1) is 20.8 Å². The van der Waals surface area contributed by atoms with Crippen molar-refractivity contribution in [2.24, 2.45) is 0 Å². The molecule has 0 aliphatic rings. The number of sulfonamides is 1. The summed E-state index contributed by atoms with van der Waals surface area (Å²) in [5.74, 6) is 0. The highest BCUT2D eigenvalue weighted by Crippen LogP contribution is 2.19. The van der Waals surface area contributed by atoms with Gasteiger partial charge in [-0.25, -0.2) is 13.1 Å². The Labute approximate surface area is 103 Å². The third kappa shape index (κ3) is 3.52. The molecule has 0 unspecified atom stereocenters. The van der Waals surface area contributed by atoms with Crippen LogP contribution in [0.2, 0.25) is 0 Å². The Hall–Kier alpha value is -0.910. The maximum Gasteiger partial charge on any atom is 0.240 e. The summed E-state index contributed by atoms with van der Waals surface area (Å²) in [6, 6.07) is 3.56. The molecular formula is C12H19NO3S. The van der Waals surface area contributed by atoms with Gasteiger partial charge in [0.05, 0.1) is 4.90 Å². The number of hydrogen-bond acceptors (Lipinski definition) is 3. The Morgan fingerprint density at radius 1 is 1.12 bits per heavy atom. The van der Waals surface area contributed by atoms with Gasteiger partial charge in [-0.15, -0.1) is 0 Å². The van der Waals surface area contributed by atoms with Crippen molar-refractivity contribution in [3.63, 3.8) is 0 Å². The largest absolute Gasteiger partial charge is 0.396 e. The Balaban J connectivity index is 3.03. The topological polar surface area (TPSA) is 66.4 Å². The standard InChI is InChI=1S/C12H19NO3S/c1-9-7-11(3)12(8-10(9)2)17(15,16)13-5-4-6-14/h7-8,13-14H,4-6H2,1-3H3. The average Bonchev–Trinajstić information content (AvgIpc) is 2.23. The van der Waals surface area contributed by atoms with Crippen LogP contribution in [0.25, 0.3) is 0 Å². The molecule has 4 nitrogen and oxygen atoms in total. The summed E-state index contributed by atoms with van der Waals surface area (Å²) in [4.78, 5) is 0.318. The van der Waals surface area contributed by atoms with E-state index < -0.39 is 10.0 Å². The molecule has 1 aromatic rings. The first-order chi connectivity index (χ1) is 7.88. The predicted molar refractivity (Wildman–Crippen MR) is 67.5 cm³/mol. The van der Waals surface area contributed by atoms with E-state index in [2.05, 4.69) is 4.72 Å². The Bertz CT molecular complexity index is 495. The van der Waals surface area contributed by atoms with Crippen LogP contribution in [0.15, 0.2) is 17.0 Å². The first-order valence-electron chi connectivity index (χ1n) is 5.57. The number of benzene rings is 1. The van der Waals surface area contributed by atoms with Gasteiger partial charge in [-0.1, -0.05) is 6.07 Å². The van der Waals surface area contributed by atoms with Gasteiger partial charge in [0.25, 0.3) is 0 Å². The van der Waals surface area contributed by atoms with Crippen molar-refractivity contribution >= 4 is 10.0 Å². The quantitative estimate of drug-likeness (QED) is 0.781. The van der Waals surface area contributed by atoms with E-state index in [1.54, 1.807) is 13.0 Å². The van der Waals surface area contributed by atoms with Gasteiger partial charge < -0.3 is 5.11 Å². The van der Waals surface area contributed by atoms with E-state index in [0.717, 1.165) is 16.7 Å². The van der Waals surface area contributed by atoms with Crippen LogP contribution < -0.4 is 4.72 Å². The summed E-state index contributed by atoms with van der Waals surface area (Å²) in [7, 11) is -3.46. The molecule has 0 saturated carbocycles. The van der Waals surface area contributed by atoms with Crippen molar-refractivity contribution in [3.8, 4) is 0 Å². The van der Waals surface area contributed by atoms with E-state index in [1.807, 2.05) is 19.9 Å². The van der Waals surface area contributed by atoms with Crippen LogP contribution in [0.4, 0.5) is 0 Å². The minimum Gasteiger partial charge on any atom is -0.396 e. The van der Waals surface area contributed by atoms with E-state index >= 15 is 0 Å². The van der Waals surface area contributed by atoms with E-state index in [9.17, 15) is 8.42 Å². The third-order valence-corrected chi connectivity index (χ3v) is 4.31. The fraction of sp³-hybridized carbons (Fsp3) is 0.500. The maximum atomic E-state index is 12.0. The van der Waals surface area contributed by atoms with Gasteiger partial charge in [-0.3, -0.25) is 0 Å². The first-order valence-corrected chi connectivity index (χ1v) is 7.05. The van der Waals surface area contributed by atoms with E-state index in [0.29, 0.717) is 11.3 Å². The highest BCUT2D eigenvalue weighted by Gasteiger charge is 2.16. The van der Waals surface area contributed by atoms with Crippen molar-refractivity contribution in [1.82, 2.24) is 4.72 Å². The Morgan fingerprint density at radius 3 is 2.29 bits per heavy atom. The highest BCUT2D eigenvalue weighted by molar-refractivity contribution is 7.89. The molecule has 17 heavy (non-hydrogen) atoms. The smallest absolute Gasteiger partial charge is 0.240 e. The molecule has 5 heteroatoms. The first kappa shape index (κ1) is 14.2. The number of nitrogens with one attached hydrogen (secondary N) is 1. The summed E-state index contributed by atoms with van der Waals surface area (Å²) < 4.78 is 26.5. The van der Waals surface area contributed by atoms with Crippen molar-refractivity contribution < 1.29 is 13.5 Å². The molecular weight excluding hydrogens is 238 g/mol. The molecule has 0 radical (unpaired) electrons. The molecule has 1 rings (SSSR count). The van der Waals surface area contributed by atoms with Crippen LogP contribution in [0.1, 0.15) is 23.1 Å². The lowest BCUT2D eigenvalue weighted by atomic mass is 10.1. The van der Waals surface area contributed by atoms with Gasteiger partial charge >= 0.3 is 0 Å². The molecule has 0 atom stereocenters. The zero-order valence-electron chi connectivity index (χ0n) is 10.4. The minimum atomic E-state index is -3.46. The number of aryl methyl sites for hydroxylation is 3. The Kier molecular flexibility index (Phi) is 4.68. The molecule has 2 N–H and O–H groups in total. The molecule has 0 bridgehead atoms. The van der Waals surface area contributed by atoms with E-state index in [-0.39, 0.29) is 13.2 Å². The summed E-state index contributed by atoms with van der Waals surface area (Å²) in [6.07, 6.45) is 0.420. The van der Waals surface area contributed by atoms with Gasteiger partial charge in [0.15, 0.2) is 0 Å². The monoisotopic (exact) mass is 257 g/mol. The van der Waals surface area contributed by atoms with Crippen LogP contribution >= 0.6 is 0 Å². The molecule has 1 aromatic carbocycles. The van der Waals surface area contributed by atoms with E-state index in [1.165, 1.54) is 0 Å².